The van der Waals surface area contributed by atoms with Crippen LogP contribution in [0.15, 0.2) is 65.5 Å². The number of aromatic nitrogens is 2. The van der Waals surface area contributed by atoms with Crippen molar-refractivity contribution in [2.75, 3.05) is 23.4 Å². The first-order valence-corrected chi connectivity index (χ1v) is 13.1. The van der Waals surface area contributed by atoms with Crippen LogP contribution < -0.4 is 16.2 Å². The molecule has 1 aromatic heterocycles. The number of carbonyl (C=O) groups excluding carboxylic acids is 2. The molecule has 1 aliphatic carbocycles. The highest BCUT2D eigenvalue weighted by atomic mass is 32.2. The third kappa shape index (κ3) is 5.53. The fourth-order valence-corrected chi connectivity index (χ4v) is 5.50. The third-order valence-electron chi connectivity index (χ3n) is 6.86. The Balaban J connectivity index is 1.29. The van der Waals surface area contributed by atoms with Crippen molar-refractivity contribution in [2.45, 2.75) is 38.0 Å². The molecule has 1 aliphatic rings. The molecule has 184 valence electrons. The summed E-state index contributed by atoms with van der Waals surface area (Å²) in [6.45, 7) is 2.41. The highest BCUT2D eigenvalue weighted by Gasteiger charge is 2.35. The molecule has 0 atom stereocenters. The number of amides is 2. The van der Waals surface area contributed by atoms with Gasteiger partial charge in [-0.05, 0) is 37.5 Å². The number of benzene rings is 2. The van der Waals surface area contributed by atoms with E-state index >= 15 is 0 Å². The van der Waals surface area contributed by atoms with E-state index in [0.29, 0.717) is 12.2 Å². The van der Waals surface area contributed by atoms with Gasteiger partial charge in [-0.25, -0.2) is 4.68 Å². The Kier molecular flexibility index (Phi) is 7.80. The Morgan fingerprint density at radius 1 is 0.943 bits per heavy atom. The number of nitrogens with one attached hydrogen (secondary N) is 2. The quantitative estimate of drug-likeness (QED) is 0.476. The van der Waals surface area contributed by atoms with Crippen LogP contribution in [-0.4, -0.2) is 39.2 Å². The summed E-state index contributed by atoms with van der Waals surface area (Å²) in [6, 6.07) is 19.7. The Hall–Kier alpha value is -3.26. The van der Waals surface area contributed by atoms with Gasteiger partial charge in [0, 0.05) is 19.0 Å². The van der Waals surface area contributed by atoms with E-state index in [1.54, 1.807) is 18.7 Å². The molecule has 2 N–H and O–H groups in total. The minimum absolute atomic E-state index is 0.00243. The molecular weight excluding hydrogens is 460 g/mol. The summed E-state index contributed by atoms with van der Waals surface area (Å²) in [7, 11) is 1.78. The van der Waals surface area contributed by atoms with E-state index in [2.05, 4.69) is 34.9 Å². The van der Waals surface area contributed by atoms with Crippen molar-refractivity contribution in [3.63, 3.8) is 0 Å². The Morgan fingerprint density at radius 3 is 2.20 bits per heavy atom. The molecule has 1 fully saturated rings. The summed E-state index contributed by atoms with van der Waals surface area (Å²) in [5.41, 5.74) is 2.65. The molecule has 0 radical (unpaired) electrons. The molecule has 2 aromatic carbocycles. The SMILES string of the molecule is Cc1c(NC(=O)CSCC(=O)NCC2(c3ccccc3)CCCC2)c(=O)n(-c2ccccc2)n1C. The second-order valence-corrected chi connectivity index (χ2v) is 10.1. The lowest BCUT2D eigenvalue weighted by molar-refractivity contribution is -0.118. The van der Waals surface area contributed by atoms with Crippen LogP contribution >= 0.6 is 11.8 Å². The molecule has 0 spiro atoms. The number of rotatable bonds is 9. The molecule has 0 bridgehead atoms. The second-order valence-electron chi connectivity index (χ2n) is 9.11. The molecule has 0 saturated heterocycles. The van der Waals surface area contributed by atoms with Gasteiger partial charge in [0.1, 0.15) is 5.69 Å². The van der Waals surface area contributed by atoms with Gasteiger partial charge in [-0.15, -0.1) is 11.8 Å². The second kappa shape index (κ2) is 11.0. The Labute approximate surface area is 209 Å². The largest absolute Gasteiger partial charge is 0.354 e. The Morgan fingerprint density at radius 2 is 1.54 bits per heavy atom. The monoisotopic (exact) mass is 492 g/mol. The fraction of sp³-hybridized carbons (Fsp3) is 0.370. The molecule has 35 heavy (non-hydrogen) atoms. The van der Waals surface area contributed by atoms with Crippen LogP contribution in [-0.2, 0) is 22.1 Å². The van der Waals surface area contributed by atoms with Crippen molar-refractivity contribution in [3.05, 3.63) is 82.3 Å². The van der Waals surface area contributed by atoms with Crippen molar-refractivity contribution in [2.24, 2.45) is 7.05 Å². The highest BCUT2D eigenvalue weighted by molar-refractivity contribution is 8.00. The van der Waals surface area contributed by atoms with Crippen LogP contribution in [0.2, 0.25) is 0 Å². The molecule has 3 aromatic rings. The molecule has 0 unspecified atom stereocenters. The molecule has 7 nitrogen and oxygen atoms in total. The summed E-state index contributed by atoms with van der Waals surface area (Å²) in [5.74, 6) is -0.0888. The van der Waals surface area contributed by atoms with Gasteiger partial charge < -0.3 is 10.6 Å². The van der Waals surface area contributed by atoms with Gasteiger partial charge in [0.2, 0.25) is 11.8 Å². The highest BCUT2D eigenvalue weighted by Crippen LogP contribution is 2.40. The van der Waals surface area contributed by atoms with Crippen molar-refractivity contribution in [1.82, 2.24) is 14.7 Å². The summed E-state index contributed by atoms with van der Waals surface area (Å²) in [6.07, 6.45) is 4.49. The van der Waals surface area contributed by atoms with Crippen LogP contribution in [0.5, 0.6) is 0 Å². The van der Waals surface area contributed by atoms with Crippen LogP contribution in [0.4, 0.5) is 5.69 Å². The molecular formula is C27H32N4O3S. The minimum Gasteiger partial charge on any atom is -0.354 e. The van der Waals surface area contributed by atoms with Crippen LogP contribution in [0.25, 0.3) is 5.69 Å². The number of hydrogen-bond acceptors (Lipinski definition) is 4. The van der Waals surface area contributed by atoms with Crippen molar-refractivity contribution in [3.8, 4) is 5.69 Å². The number of hydrogen-bond donors (Lipinski definition) is 2. The molecule has 1 saturated carbocycles. The van der Waals surface area contributed by atoms with Crippen molar-refractivity contribution >= 4 is 29.3 Å². The topological polar surface area (TPSA) is 85.1 Å². The maximum atomic E-state index is 12.9. The van der Waals surface area contributed by atoms with Crippen LogP contribution in [0, 0.1) is 6.92 Å². The number of thioether (sulfide) groups is 1. The first kappa shape index (κ1) is 24.9. The molecule has 4 rings (SSSR count). The standard InChI is InChI=1S/C27H32N4O3S/c1-20-25(26(34)31(30(20)2)22-13-7-4-8-14-22)29-24(33)18-35-17-23(32)28-19-27(15-9-10-16-27)21-11-5-3-6-12-21/h3-8,11-14H,9-10,15-19H2,1-2H3,(H,28,32)(H,29,33). The summed E-state index contributed by atoms with van der Waals surface area (Å²) >= 11 is 1.25. The summed E-state index contributed by atoms with van der Waals surface area (Å²) in [4.78, 5) is 38.0. The van der Waals surface area contributed by atoms with Crippen LogP contribution in [0.3, 0.4) is 0 Å². The zero-order valence-corrected chi connectivity index (χ0v) is 21.1. The van der Waals surface area contributed by atoms with Gasteiger partial charge in [-0.1, -0.05) is 61.4 Å². The van der Waals surface area contributed by atoms with E-state index in [0.717, 1.165) is 18.5 Å². The molecule has 1 heterocycles. The van der Waals surface area contributed by atoms with Crippen LogP contribution in [0.1, 0.15) is 36.9 Å². The summed E-state index contributed by atoms with van der Waals surface area (Å²) < 4.78 is 3.25. The van der Waals surface area contributed by atoms with Gasteiger partial charge in [-0.3, -0.25) is 19.1 Å². The molecule has 2 amide bonds. The van der Waals surface area contributed by atoms with E-state index < -0.39 is 0 Å². The van der Waals surface area contributed by atoms with Gasteiger partial charge in [0.15, 0.2) is 0 Å². The molecule has 0 aliphatic heterocycles. The first-order valence-electron chi connectivity index (χ1n) is 12.0. The van der Waals surface area contributed by atoms with E-state index in [1.165, 1.54) is 34.8 Å². The predicted octanol–water partition coefficient (Wildman–Crippen LogP) is 3.78. The van der Waals surface area contributed by atoms with Crippen molar-refractivity contribution < 1.29 is 9.59 Å². The minimum atomic E-state index is -0.301. The number of anilines is 1. The van der Waals surface area contributed by atoms with E-state index in [1.807, 2.05) is 36.4 Å². The maximum Gasteiger partial charge on any atom is 0.295 e. The van der Waals surface area contributed by atoms with Gasteiger partial charge in [-0.2, -0.15) is 0 Å². The van der Waals surface area contributed by atoms with Gasteiger partial charge in [0.05, 0.1) is 22.9 Å². The number of carbonyl (C=O) groups is 2. The lowest BCUT2D eigenvalue weighted by Gasteiger charge is -2.30. The van der Waals surface area contributed by atoms with Gasteiger partial charge >= 0.3 is 0 Å². The van der Waals surface area contributed by atoms with E-state index in [-0.39, 0.29) is 40.0 Å². The van der Waals surface area contributed by atoms with E-state index in [9.17, 15) is 14.4 Å². The average Bonchev–Trinajstić information content (AvgIpc) is 3.44. The normalized spacial score (nSPS) is 14.6. The zero-order valence-electron chi connectivity index (χ0n) is 20.3. The lowest BCUT2D eigenvalue weighted by Crippen LogP contribution is -2.39. The van der Waals surface area contributed by atoms with Crippen molar-refractivity contribution in [1.29, 1.82) is 0 Å². The summed E-state index contributed by atoms with van der Waals surface area (Å²) in [5, 5.41) is 5.83. The molecule has 8 heteroatoms. The van der Waals surface area contributed by atoms with E-state index in [4.69, 9.17) is 0 Å². The zero-order chi connectivity index (χ0) is 24.8. The number of para-hydroxylation sites is 1. The third-order valence-corrected chi connectivity index (χ3v) is 7.79. The first-order chi connectivity index (χ1) is 16.9. The lowest BCUT2D eigenvalue weighted by atomic mass is 9.79. The van der Waals surface area contributed by atoms with Gasteiger partial charge in [0.25, 0.3) is 5.56 Å². The predicted molar refractivity (Wildman–Crippen MR) is 141 cm³/mol. The maximum absolute atomic E-state index is 12.9. The number of nitrogens with zero attached hydrogens (tertiary/aromatic N) is 2. The Bertz CT molecular complexity index is 1230. The fourth-order valence-electron chi connectivity index (χ4n) is 4.85. The average molecular weight is 493 g/mol. The smallest absolute Gasteiger partial charge is 0.295 e.